The summed E-state index contributed by atoms with van der Waals surface area (Å²) in [6.45, 7) is 2.77. The van der Waals surface area contributed by atoms with Crippen LogP contribution in [0.25, 0.3) is 0 Å². The van der Waals surface area contributed by atoms with Crippen LogP contribution in [0.1, 0.15) is 32.6 Å². The molecular formula is C10H20ClNO3. The summed E-state index contributed by atoms with van der Waals surface area (Å²) < 4.78 is 5.55. The van der Waals surface area contributed by atoms with Gasteiger partial charge in [-0.05, 0) is 25.7 Å². The molecular weight excluding hydrogens is 218 g/mol. The van der Waals surface area contributed by atoms with E-state index >= 15 is 0 Å². The Morgan fingerprint density at radius 3 is 2.67 bits per heavy atom. The SMILES string of the molecule is CCCO[C@H]1CC[C@@H](C(=O)O)C[C@@H]1N.Cl. The quantitative estimate of drug-likeness (QED) is 0.776. The number of hydrogen-bond donors (Lipinski definition) is 2. The third-order valence-corrected chi connectivity index (χ3v) is 2.72. The highest BCUT2D eigenvalue weighted by Gasteiger charge is 2.31. The lowest BCUT2D eigenvalue weighted by atomic mass is 9.84. The molecule has 0 spiro atoms. The van der Waals surface area contributed by atoms with Gasteiger partial charge in [-0.15, -0.1) is 12.4 Å². The Morgan fingerprint density at radius 1 is 1.53 bits per heavy atom. The largest absolute Gasteiger partial charge is 0.481 e. The van der Waals surface area contributed by atoms with Crippen LogP contribution in [0.2, 0.25) is 0 Å². The summed E-state index contributed by atoms with van der Waals surface area (Å²) in [6.07, 6.45) is 3.05. The number of nitrogens with two attached hydrogens (primary N) is 1. The molecule has 0 heterocycles. The second-order valence-corrected chi connectivity index (χ2v) is 3.92. The second-order valence-electron chi connectivity index (χ2n) is 3.92. The molecule has 3 N–H and O–H groups in total. The summed E-state index contributed by atoms with van der Waals surface area (Å²) in [4.78, 5) is 10.7. The van der Waals surface area contributed by atoms with Gasteiger partial charge in [-0.2, -0.15) is 0 Å². The minimum Gasteiger partial charge on any atom is -0.481 e. The summed E-state index contributed by atoms with van der Waals surface area (Å²) in [7, 11) is 0. The van der Waals surface area contributed by atoms with Gasteiger partial charge in [0.2, 0.25) is 0 Å². The van der Waals surface area contributed by atoms with Crippen molar-refractivity contribution in [3.63, 3.8) is 0 Å². The highest BCUT2D eigenvalue weighted by molar-refractivity contribution is 5.85. The normalized spacial score (nSPS) is 30.7. The second kappa shape index (κ2) is 7.04. The molecule has 0 amide bonds. The van der Waals surface area contributed by atoms with Crippen LogP contribution >= 0.6 is 12.4 Å². The van der Waals surface area contributed by atoms with Gasteiger partial charge in [0.25, 0.3) is 0 Å². The summed E-state index contributed by atoms with van der Waals surface area (Å²) in [5, 5.41) is 8.82. The van der Waals surface area contributed by atoms with Crippen LogP contribution in [0.15, 0.2) is 0 Å². The molecule has 0 aliphatic heterocycles. The zero-order valence-corrected chi connectivity index (χ0v) is 9.83. The van der Waals surface area contributed by atoms with E-state index in [1.807, 2.05) is 0 Å². The number of hydrogen-bond acceptors (Lipinski definition) is 3. The van der Waals surface area contributed by atoms with Gasteiger partial charge in [0, 0.05) is 12.6 Å². The van der Waals surface area contributed by atoms with Gasteiger partial charge >= 0.3 is 5.97 Å². The van der Waals surface area contributed by atoms with Crippen molar-refractivity contribution in [1.82, 2.24) is 0 Å². The zero-order valence-electron chi connectivity index (χ0n) is 9.02. The van der Waals surface area contributed by atoms with Crippen molar-refractivity contribution < 1.29 is 14.6 Å². The standard InChI is InChI=1S/C10H19NO3.ClH/c1-2-5-14-9-4-3-7(10(12)13)6-8(9)11;/h7-9H,2-6,11H2,1H3,(H,12,13);1H/t7-,8+,9+;/m1./s1. The first-order chi connectivity index (χ1) is 6.65. The van der Waals surface area contributed by atoms with Crippen molar-refractivity contribution in [1.29, 1.82) is 0 Å². The van der Waals surface area contributed by atoms with Gasteiger partial charge < -0.3 is 15.6 Å². The predicted octanol–water partition coefficient (Wildman–Crippen LogP) is 1.42. The molecule has 15 heavy (non-hydrogen) atoms. The maximum atomic E-state index is 10.7. The van der Waals surface area contributed by atoms with Gasteiger partial charge in [-0.25, -0.2) is 0 Å². The predicted molar refractivity (Wildman–Crippen MR) is 60.2 cm³/mol. The molecule has 0 unspecified atom stereocenters. The summed E-state index contributed by atoms with van der Waals surface area (Å²) in [5.74, 6) is -0.999. The first-order valence-electron chi connectivity index (χ1n) is 5.25. The van der Waals surface area contributed by atoms with Gasteiger partial charge in [0.05, 0.1) is 12.0 Å². The highest BCUT2D eigenvalue weighted by Crippen LogP contribution is 2.25. The van der Waals surface area contributed by atoms with Crippen molar-refractivity contribution in [2.75, 3.05) is 6.61 Å². The maximum absolute atomic E-state index is 10.7. The Morgan fingerprint density at radius 2 is 2.20 bits per heavy atom. The Balaban J connectivity index is 0.00000196. The molecule has 0 aromatic rings. The Labute approximate surface area is 96.6 Å². The molecule has 0 radical (unpaired) electrons. The molecule has 90 valence electrons. The fourth-order valence-corrected chi connectivity index (χ4v) is 1.88. The molecule has 4 nitrogen and oxygen atoms in total. The van der Waals surface area contributed by atoms with E-state index in [1.165, 1.54) is 0 Å². The number of ether oxygens (including phenoxy) is 1. The molecule has 0 aromatic carbocycles. The number of carbonyl (C=O) groups is 1. The lowest BCUT2D eigenvalue weighted by molar-refractivity contribution is -0.144. The number of halogens is 1. The molecule has 5 heteroatoms. The van der Waals surface area contributed by atoms with Crippen molar-refractivity contribution in [3.05, 3.63) is 0 Å². The average molecular weight is 238 g/mol. The number of carboxylic acid groups (broad SMARTS) is 1. The fourth-order valence-electron chi connectivity index (χ4n) is 1.88. The van der Waals surface area contributed by atoms with Crippen LogP contribution in [0.5, 0.6) is 0 Å². The molecule has 0 bridgehead atoms. The van der Waals surface area contributed by atoms with E-state index in [9.17, 15) is 4.79 Å². The topological polar surface area (TPSA) is 72.5 Å². The van der Waals surface area contributed by atoms with Crippen LogP contribution < -0.4 is 5.73 Å². The van der Waals surface area contributed by atoms with E-state index in [1.54, 1.807) is 0 Å². The number of rotatable bonds is 4. The lowest BCUT2D eigenvalue weighted by Gasteiger charge is -2.31. The summed E-state index contributed by atoms with van der Waals surface area (Å²) in [5.41, 5.74) is 5.86. The molecule has 1 fully saturated rings. The molecule has 3 atom stereocenters. The first kappa shape index (κ1) is 14.7. The molecule has 1 saturated carbocycles. The fraction of sp³-hybridized carbons (Fsp3) is 0.900. The van der Waals surface area contributed by atoms with E-state index in [-0.39, 0.29) is 30.5 Å². The third-order valence-electron chi connectivity index (χ3n) is 2.72. The highest BCUT2D eigenvalue weighted by atomic mass is 35.5. The number of carboxylic acids is 1. The maximum Gasteiger partial charge on any atom is 0.306 e. The average Bonchev–Trinajstić information content (AvgIpc) is 2.15. The smallest absolute Gasteiger partial charge is 0.306 e. The van der Waals surface area contributed by atoms with E-state index in [0.717, 1.165) is 19.4 Å². The zero-order chi connectivity index (χ0) is 10.6. The van der Waals surface area contributed by atoms with Crippen molar-refractivity contribution in [2.45, 2.75) is 44.8 Å². The molecule has 1 rings (SSSR count). The minimum atomic E-state index is -0.727. The molecule has 0 aromatic heterocycles. The Hall–Kier alpha value is -0.320. The van der Waals surface area contributed by atoms with Crippen molar-refractivity contribution >= 4 is 18.4 Å². The molecule has 0 saturated heterocycles. The van der Waals surface area contributed by atoms with Crippen LogP contribution in [0.4, 0.5) is 0 Å². The van der Waals surface area contributed by atoms with Crippen LogP contribution in [0.3, 0.4) is 0 Å². The van der Waals surface area contributed by atoms with E-state index in [2.05, 4.69) is 6.92 Å². The van der Waals surface area contributed by atoms with E-state index in [0.29, 0.717) is 12.8 Å². The summed E-state index contributed by atoms with van der Waals surface area (Å²) in [6, 6.07) is -0.114. The van der Waals surface area contributed by atoms with E-state index in [4.69, 9.17) is 15.6 Å². The van der Waals surface area contributed by atoms with Crippen LogP contribution in [-0.4, -0.2) is 29.8 Å². The van der Waals surface area contributed by atoms with Crippen LogP contribution in [-0.2, 0) is 9.53 Å². The van der Waals surface area contributed by atoms with Crippen LogP contribution in [0, 0.1) is 5.92 Å². The lowest BCUT2D eigenvalue weighted by Crippen LogP contribution is -2.43. The molecule has 1 aliphatic rings. The van der Waals surface area contributed by atoms with Gasteiger partial charge in [0.15, 0.2) is 0 Å². The van der Waals surface area contributed by atoms with Gasteiger partial charge in [-0.1, -0.05) is 6.92 Å². The Bertz CT molecular complexity index is 201. The Kier molecular flexibility index (Phi) is 6.89. The van der Waals surface area contributed by atoms with Gasteiger partial charge in [-0.3, -0.25) is 4.79 Å². The monoisotopic (exact) mass is 237 g/mol. The first-order valence-corrected chi connectivity index (χ1v) is 5.25. The van der Waals surface area contributed by atoms with Crippen molar-refractivity contribution in [2.24, 2.45) is 11.7 Å². The minimum absolute atomic E-state index is 0. The molecule has 1 aliphatic carbocycles. The van der Waals surface area contributed by atoms with Gasteiger partial charge in [0.1, 0.15) is 0 Å². The van der Waals surface area contributed by atoms with Crippen molar-refractivity contribution in [3.8, 4) is 0 Å². The third kappa shape index (κ3) is 4.36. The summed E-state index contributed by atoms with van der Waals surface area (Å²) >= 11 is 0. The number of aliphatic carboxylic acids is 1. The van der Waals surface area contributed by atoms with E-state index < -0.39 is 5.97 Å².